The summed E-state index contributed by atoms with van der Waals surface area (Å²) in [6, 6.07) is 0. The van der Waals surface area contributed by atoms with Crippen LogP contribution in [0, 0.1) is 0 Å². The molecule has 0 aromatic heterocycles. The van der Waals surface area contributed by atoms with Gasteiger partial charge in [0.15, 0.2) is 0 Å². The zero-order valence-electron chi connectivity index (χ0n) is 11.1. The third-order valence-electron chi connectivity index (χ3n) is 2.77. The second-order valence-corrected chi connectivity index (χ2v) is 7.64. The van der Waals surface area contributed by atoms with Crippen LogP contribution in [0.4, 0.5) is 0 Å². The molecule has 0 atom stereocenters. The Kier molecular flexibility index (Phi) is 6.94. The van der Waals surface area contributed by atoms with E-state index < -0.39 is 20.0 Å². The lowest BCUT2D eigenvalue weighted by Crippen LogP contribution is -2.30. The highest BCUT2D eigenvalue weighted by molar-refractivity contribution is 6.34. The molecular weight excluding hydrogens is 224 g/mol. The van der Waals surface area contributed by atoms with Crippen LogP contribution in [0.25, 0.3) is 0 Å². The van der Waals surface area contributed by atoms with Crippen LogP contribution in [0.5, 0.6) is 0 Å². The van der Waals surface area contributed by atoms with Crippen LogP contribution >= 0.6 is 0 Å². The van der Waals surface area contributed by atoms with Crippen molar-refractivity contribution in [2.75, 3.05) is 0 Å². The Labute approximate surface area is 99.0 Å². The third-order valence-corrected chi connectivity index (χ3v) is 5.90. The van der Waals surface area contributed by atoms with E-state index in [1.54, 1.807) is 0 Å². The highest BCUT2D eigenvalue weighted by atomic mass is 28.3. The quantitative estimate of drug-likeness (QED) is 0.482. The molecular formula is C10H26O3Si2. The Morgan fingerprint density at radius 3 is 1.40 bits per heavy atom. The minimum absolute atomic E-state index is 0.0269. The van der Waals surface area contributed by atoms with E-state index in [-0.39, 0.29) is 11.2 Å². The number of rotatable bonds is 8. The Morgan fingerprint density at radius 2 is 1.13 bits per heavy atom. The topological polar surface area (TPSA) is 27.7 Å². The maximum Gasteiger partial charge on any atom is 0.295 e. The van der Waals surface area contributed by atoms with Crippen molar-refractivity contribution in [3.05, 3.63) is 0 Å². The first-order valence-electron chi connectivity index (χ1n) is 5.68. The number of hydrogen-bond acceptors (Lipinski definition) is 3. The fourth-order valence-electron chi connectivity index (χ4n) is 0.641. The van der Waals surface area contributed by atoms with E-state index in [9.17, 15) is 0 Å². The van der Waals surface area contributed by atoms with Crippen LogP contribution in [0.3, 0.4) is 0 Å². The molecule has 0 N–H and O–H groups in total. The van der Waals surface area contributed by atoms with E-state index in [4.69, 9.17) is 13.0 Å². The molecule has 0 aliphatic carbocycles. The molecule has 15 heavy (non-hydrogen) atoms. The minimum Gasteiger partial charge on any atom is -0.424 e. The summed E-state index contributed by atoms with van der Waals surface area (Å²) in [4.78, 5) is 0. The molecule has 0 radical (unpaired) electrons. The second kappa shape index (κ2) is 6.80. The molecule has 0 unspecified atom stereocenters. The lowest BCUT2D eigenvalue weighted by molar-refractivity contribution is 0.0728. The van der Waals surface area contributed by atoms with Gasteiger partial charge in [-0.1, -0.05) is 13.8 Å². The van der Waals surface area contributed by atoms with Gasteiger partial charge in [-0.05, 0) is 40.5 Å². The van der Waals surface area contributed by atoms with Gasteiger partial charge in [0.05, 0.1) is 11.2 Å². The summed E-state index contributed by atoms with van der Waals surface area (Å²) >= 11 is 0. The fourth-order valence-corrected chi connectivity index (χ4v) is 2.63. The van der Waals surface area contributed by atoms with Gasteiger partial charge in [0, 0.05) is 0 Å². The first-order chi connectivity index (χ1) is 6.83. The first kappa shape index (κ1) is 15.3. The molecule has 0 saturated heterocycles. The average Bonchev–Trinajstić information content (AvgIpc) is 2.17. The molecule has 0 fully saturated rings. The Bertz CT molecular complexity index is 154. The summed E-state index contributed by atoms with van der Waals surface area (Å²) < 4.78 is 16.9. The van der Waals surface area contributed by atoms with Crippen molar-refractivity contribution < 1.29 is 13.0 Å². The predicted molar refractivity (Wildman–Crippen MR) is 69.1 cm³/mol. The van der Waals surface area contributed by atoms with E-state index in [1.165, 1.54) is 0 Å². The maximum atomic E-state index is 5.70. The zero-order chi connectivity index (χ0) is 11.9. The minimum atomic E-state index is -0.844. The van der Waals surface area contributed by atoms with Crippen LogP contribution in [-0.2, 0) is 13.0 Å². The summed E-state index contributed by atoms with van der Waals surface area (Å²) in [5.41, 5.74) is -0.0538. The molecule has 3 nitrogen and oxygen atoms in total. The fraction of sp³-hybridized carbons (Fsp3) is 1.00. The van der Waals surface area contributed by atoms with Crippen molar-refractivity contribution in [2.24, 2.45) is 0 Å². The van der Waals surface area contributed by atoms with Gasteiger partial charge in [-0.15, -0.1) is 0 Å². The van der Waals surface area contributed by atoms with E-state index in [0.29, 0.717) is 0 Å². The van der Waals surface area contributed by atoms with Gasteiger partial charge in [0.2, 0.25) is 0 Å². The van der Waals surface area contributed by atoms with Gasteiger partial charge >= 0.3 is 0 Å². The summed E-state index contributed by atoms with van der Waals surface area (Å²) in [6.07, 6.45) is 2.04. The van der Waals surface area contributed by atoms with Gasteiger partial charge < -0.3 is 13.0 Å². The van der Waals surface area contributed by atoms with Gasteiger partial charge in [0.25, 0.3) is 20.0 Å². The molecule has 92 valence electrons. The van der Waals surface area contributed by atoms with Crippen molar-refractivity contribution in [1.29, 1.82) is 0 Å². The van der Waals surface area contributed by atoms with Crippen LogP contribution in [-0.4, -0.2) is 31.2 Å². The van der Waals surface area contributed by atoms with E-state index >= 15 is 0 Å². The van der Waals surface area contributed by atoms with Crippen molar-refractivity contribution in [3.8, 4) is 0 Å². The highest BCUT2D eigenvalue weighted by Gasteiger charge is 2.17. The van der Waals surface area contributed by atoms with Crippen LogP contribution in [0.15, 0.2) is 0 Å². The molecule has 5 heteroatoms. The van der Waals surface area contributed by atoms with Crippen LogP contribution in [0.1, 0.15) is 54.4 Å². The summed E-state index contributed by atoms with van der Waals surface area (Å²) in [5.74, 6) is 0. The smallest absolute Gasteiger partial charge is 0.295 e. The van der Waals surface area contributed by atoms with Gasteiger partial charge in [-0.3, -0.25) is 0 Å². The summed E-state index contributed by atoms with van der Waals surface area (Å²) in [6.45, 7) is 12.7. The van der Waals surface area contributed by atoms with Gasteiger partial charge in [-0.25, -0.2) is 0 Å². The Balaban J connectivity index is 3.48. The van der Waals surface area contributed by atoms with Crippen molar-refractivity contribution in [3.63, 3.8) is 0 Å². The van der Waals surface area contributed by atoms with E-state index in [0.717, 1.165) is 12.8 Å². The molecule has 0 aromatic carbocycles. The molecule has 0 aliphatic heterocycles. The molecule has 0 bridgehead atoms. The van der Waals surface area contributed by atoms with Gasteiger partial charge in [0.1, 0.15) is 0 Å². The molecule has 0 amide bonds. The zero-order valence-corrected chi connectivity index (χ0v) is 13.9. The normalized spacial score (nSPS) is 14.8. The van der Waals surface area contributed by atoms with Crippen molar-refractivity contribution in [1.82, 2.24) is 0 Å². The highest BCUT2D eigenvalue weighted by Crippen LogP contribution is 2.13. The molecule has 0 saturated carbocycles. The van der Waals surface area contributed by atoms with E-state index in [1.807, 2.05) is 0 Å². The maximum absolute atomic E-state index is 5.70. The van der Waals surface area contributed by atoms with E-state index in [2.05, 4.69) is 41.5 Å². The number of hydrogen-bond donors (Lipinski definition) is 0. The molecule has 0 aromatic rings. The third kappa shape index (κ3) is 8.16. The largest absolute Gasteiger partial charge is 0.424 e. The Hall–Kier alpha value is 0.314. The second-order valence-electron chi connectivity index (χ2n) is 4.95. The van der Waals surface area contributed by atoms with Crippen molar-refractivity contribution in [2.45, 2.75) is 65.6 Å². The standard InChI is InChI=1S/C10H26O3Si2/c1-7-9(3,4)11-14-13-15-12-10(5,6)8-2/h7-8,14-15H2,1-6H3. The molecule has 0 rings (SSSR count). The lowest BCUT2D eigenvalue weighted by atomic mass is 10.1. The molecule has 0 spiro atoms. The van der Waals surface area contributed by atoms with Gasteiger partial charge in [-0.2, -0.15) is 0 Å². The molecule has 0 aliphatic rings. The predicted octanol–water partition coefficient (Wildman–Crippen LogP) is 1.41. The summed E-state index contributed by atoms with van der Waals surface area (Å²) in [7, 11) is -1.69. The average molecular weight is 250 g/mol. The van der Waals surface area contributed by atoms with Crippen LogP contribution < -0.4 is 0 Å². The SMILES string of the molecule is CCC(C)(C)O[SiH2]O[SiH2]OC(C)(C)CC. The molecule has 0 heterocycles. The van der Waals surface area contributed by atoms with Crippen molar-refractivity contribution >= 4 is 20.0 Å². The first-order valence-corrected chi connectivity index (χ1v) is 7.99. The summed E-state index contributed by atoms with van der Waals surface area (Å²) in [5, 5.41) is 0. The lowest BCUT2D eigenvalue weighted by Gasteiger charge is -2.26. The Morgan fingerprint density at radius 1 is 0.800 bits per heavy atom. The monoisotopic (exact) mass is 250 g/mol. The van der Waals surface area contributed by atoms with Crippen LogP contribution in [0.2, 0.25) is 0 Å².